The van der Waals surface area contributed by atoms with Crippen molar-refractivity contribution in [2.45, 2.75) is 51.7 Å². The number of fused-ring (bicyclic) bond motifs is 3. The Kier molecular flexibility index (Phi) is 5.58. The van der Waals surface area contributed by atoms with Crippen LogP contribution in [0.2, 0.25) is 0 Å². The maximum Gasteiger partial charge on any atom is 0.255 e. The summed E-state index contributed by atoms with van der Waals surface area (Å²) in [7, 11) is 0. The zero-order valence-electron chi connectivity index (χ0n) is 18.6. The maximum absolute atomic E-state index is 13.5. The van der Waals surface area contributed by atoms with Crippen molar-refractivity contribution in [2.24, 2.45) is 17.6 Å². The van der Waals surface area contributed by atoms with E-state index in [1.54, 1.807) is 0 Å². The Morgan fingerprint density at radius 3 is 2.48 bits per heavy atom. The number of phenolic OH excluding ortho intramolecular Hbond substituents is 1. The number of Topliss-reactive ketones (excluding diaryl/α,β-unsaturated/α-hetero) is 2. The van der Waals surface area contributed by atoms with E-state index in [9.17, 15) is 34.8 Å². The highest BCUT2D eigenvalue weighted by atomic mass is 16.3. The van der Waals surface area contributed by atoms with Crippen LogP contribution in [0.15, 0.2) is 23.0 Å². The molecule has 9 nitrogen and oxygen atoms in total. The number of aryl methyl sites for hydroxylation is 1. The number of nitrogens with one attached hydrogen (secondary N) is 1. The quantitative estimate of drug-likeness (QED) is 0.358. The van der Waals surface area contributed by atoms with Crippen LogP contribution in [0.5, 0.6) is 5.75 Å². The lowest BCUT2D eigenvalue weighted by molar-refractivity contribution is -0.147. The molecule has 0 unspecified atom stereocenters. The molecule has 7 N–H and O–H groups in total. The molecule has 9 heteroatoms. The monoisotopic (exact) mass is 456 g/mol. The lowest BCUT2D eigenvalue weighted by Crippen LogP contribution is -2.58. The molecule has 0 aromatic heterocycles. The van der Waals surface area contributed by atoms with Gasteiger partial charge in [0.25, 0.3) is 5.91 Å². The third-order valence-corrected chi connectivity index (χ3v) is 7.18. The molecule has 0 heterocycles. The molecule has 0 bridgehead atoms. The van der Waals surface area contributed by atoms with E-state index in [1.807, 2.05) is 19.9 Å². The highest BCUT2D eigenvalue weighted by molar-refractivity contribution is 6.22. The van der Waals surface area contributed by atoms with Crippen LogP contribution in [0.4, 0.5) is 0 Å². The van der Waals surface area contributed by atoms with Crippen LogP contribution >= 0.6 is 0 Å². The molecule has 0 aliphatic heterocycles. The van der Waals surface area contributed by atoms with Gasteiger partial charge in [-0.05, 0) is 42.9 Å². The molecule has 33 heavy (non-hydrogen) atoms. The van der Waals surface area contributed by atoms with Crippen LogP contribution in [0.3, 0.4) is 0 Å². The minimum atomic E-state index is -2.54. The molecule has 1 saturated carbocycles. The van der Waals surface area contributed by atoms with Gasteiger partial charge in [-0.3, -0.25) is 14.4 Å². The third-order valence-electron chi connectivity index (χ3n) is 7.18. The van der Waals surface area contributed by atoms with Gasteiger partial charge in [-0.1, -0.05) is 19.9 Å². The first-order valence-corrected chi connectivity index (χ1v) is 11.1. The van der Waals surface area contributed by atoms with E-state index >= 15 is 0 Å². The van der Waals surface area contributed by atoms with Gasteiger partial charge in [0.1, 0.15) is 22.8 Å². The maximum atomic E-state index is 13.5. The van der Waals surface area contributed by atoms with Crippen LogP contribution in [-0.2, 0) is 33.8 Å². The summed E-state index contributed by atoms with van der Waals surface area (Å²) in [6.45, 7) is 4.92. The molecule has 1 amide bonds. The predicted octanol–water partition coefficient (Wildman–Crippen LogP) is 1.10. The second kappa shape index (κ2) is 8.00. The fourth-order valence-corrected chi connectivity index (χ4v) is 5.54. The number of rotatable bonds is 5. The summed E-state index contributed by atoms with van der Waals surface area (Å²) in [6, 6.07) is 1.88. The standard InChI is InChI=1S/C24H28N2O7/c1-3-10-5-12(9-26-4-2)19(28)17-14(10)7-11-6-13-8-15(27)18(23(25)32)22(31)24(13,33)21(30)16(11)20(17)29/h5,11,13,26,28-29,31,33H,3-4,6-9H2,1-2H3,(H2,25,32)/t11-,13+,24+/m1/s1. The number of hydrogen-bond donors (Lipinski definition) is 6. The lowest BCUT2D eigenvalue weighted by atomic mass is 9.59. The Bertz CT molecular complexity index is 1150. The number of aliphatic hydroxyl groups is 3. The molecule has 3 aliphatic rings. The molecular formula is C24H28N2O7. The predicted molar refractivity (Wildman–Crippen MR) is 118 cm³/mol. The average molecular weight is 456 g/mol. The molecule has 3 atom stereocenters. The first-order chi connectivity index (χ1) is 15.6. The van der Waals surface area contributed by atoms with Gasteiger partial charge in [0.15, 0.2) is 11.4 Å². The van der Waals surface area contributed by atoms with E-state index < -0.39 is 52.0 Å². The number of aliphatic hydroxyl groups excluding tert-OH is 2. The van der Waals surface area contributed by atoms with Crippen molar-refractivity contribution in [3.05, 3.63) is 45.2 Å². The lowest BCUT2D eigenvalue weighted by Gasteiger charge is -2.46. The van der Waals surface area contributed by atoms with Gasteiger partial charge in [-0.2, -0.15) is 0 Å². The second-order valence-corrected chi connectivity index (χ2v) is 8.94. The molecule has 1 aromatic carbocycles. The number of primary amides is 1. The Hall–Kier alpha value is -3.17. The minimum absolute atomic E-state index is 0.121. The summed E-state index contributed by atoms with van der Waals surface area (Å²) in [5, 5.41) is 47.2. The summed E-state index contributed by atoms with van der Waals surface area (Å²) in [6.07, 6.45) is 0.774. The van der Waals surface area contributed by atoms with E-state index in [2.05, 4.69) is 5.32 Å². The number of ketones is 2. The first kappa shape index (κ1) is 23.0. The van der Waals surface area contributed by atoms with Gasteiger partial charge in [-0.15, -0.1) is 0 Å². The molecule has 0 radical (unpaired) electrons. The molecule has 4 rings (SSSR count). The third kappa shape index (κ3) is 3.18. The number of benzene rings is 1. The van der Waals surface area contributed by atoms with Gasteiger partial charge in [0, 0.05) is 30.0 Å². The van der Waals surface area contributed by atoms with E-state index in [0.29, 0.717) is 31.5 Å². The van der Waals surface area contributed by atoms with Crippen molar-refractivity contribution >= 4 is 23.2 Å². The highest BCUT2D eigenvalue weighted by Gasteiger charge is 2.60. The Morgan fingerprint density at radius 1 is 1.18 bits per heavy atom. The number of nitrogens with two attached hydrogens (primary N) is 1. The number of carbonyl (C=O) groups is 3. The molecule has 176 valence electrons. The largest absolute Gasteiger partial charge is 0.508 e. The summed E-state index contributed by atoms with van der Waals surface area (Å²) in [5.41, 5.74) is 4.11. The van der Waals surface area contributed by atoms with E-state index in [0.717, 1.165) is 11.1 Å². The summed E-state index contributed by atoms with van der Waals surface area (Å²) < 4.78 is 0. The smallest absolute Gasteiger partial charge is 0.255 e. The normalized spacial score (nSPS) is 26.8. The zero-order valence-corrected chi connectivity index (χ0v) is 18.6. The van der Waals surface area contributed by atoms with Crippen molar-refractivity contribution in [1.29, 1.82) is 0 Å². The fraction of sp³-hybridized carbons (Fsp3) is 0.458. The van der Waals surface area contributed by atoms with Crippen LogP contribution in [0.25, 0.3) is 5.76 Å². The summed E-state index contributed by atoms with van der Waals surface area (Å²) in [5.74, 6) is -6.08. The average Bonchev–Trinajstić information content (AvgIpc) is 2.75. The van der Waals surface area contributed by atoms with Gasteiger partial charge in [0.2, 0.25) is 5.78 Å². The number of hydrogen-bond acceptors (Lipinski definition) is 8. The van der Waals surface area contributed by atoms with Crippen molar-refractivity contribution in [3.8, 4) is 5.75 Å². The van der Waals surface area contributed by atoms with Crippen LogP contribution in [0, 0.1) is 11.8 Å². The van der Waals surface area contributed by atoms with Crippen molar-refractivity contribution in [3.63, 3.8) is 0 Å². The van der Waals surface area contributed by atoms with Crippen LogP contribution in [-0.4, -0.2) is 50.0 Å². The number of carbonyl (C=O) groups excluding carboxylic acids is 3. The minimum Gasteiger partial charge on any atom is -0.508 e. The topological polar surface area (TPSA) is 170 Å². The first-order valence-electron chi connectivity index (χ1n) is 11.1. The Labute approximate surface area is 190 Å². The highest BCUT2D eigenvalue weighted by Crippen LogP contribution is 2.52. The van der Waals surface area contributed by atoms with Gasteiger partial charge in [0.05, 0.1) is 5.56 Å². The second-order valence-electron chi connectivity index (χ2n) is 8.94. The molecule has 0 saturated heterocycles. The zero-order chi connectivity index (χ0) is 24.2. The number of amides is 1. The SMILES string of the molecule is CCNCc1cc(CC)c2c(c1O)C(O)=C1C(=O)[C@]3(O)C(O)=C(C(N)=O)C(=O)C[C@@H]3C[C@@H]1C2. The van der Waals surface area contributed by atoms with E-state index in [4.69, 9.17) is 5.73 Å². The van der Waals surface area contributed by atoms with Crippen molar-refractivity contribution in [2.75, 3.05) is 6.54 Å². The number of aromatic hydroxyl groups is 1. The summed E-state index contributed by atoms with van der Waals surface area (Å²) in [4.78, 5) is 37.6. The van der Waals surface area contributed by atoms with Gasteiger partial charge >= 0.3 is 0 Å². The molecule has 3 aliphatic carbocycles. The summed E-state index contributed by atoms with van der Waals surface area (Å²) >= 11 is 0. The van der Waals surface area contributed by atoms with Gasteiger partial charge < -0.3 is 31.5 Å². The van der Waals surface area contributed by atoms with E-state index in [1.165, 1.54) is 0 Å². The van der Waals surface area contributed by atoms with Crippen LogP contribution < -0.4 is 11.1 Å². The molecule has 1 fully saturated rings. The molecule has 0 spiro atoms. The van der Waals surface area contributed by atoms with Gasteiger partial charge in [-0.25, -0.2) is 0 Å². The van der Waals surface area contributed by atoms with Crippen molar-refractivity contribution in [1.82, 2.24) is 5.32 Å². The molecule has 1 aromatic rings. The van der Waals surface area contributed by atoms with Crippen molar-refractivity contribution < 1.29 is 34.8 Å². The Morgan fingerprint density at radius 2 is 1.88 bits per heavy atom. The fourth-order valence-electron chi connectivity index (χ4n) is 5.54. The van der Waals surface area contributed by atoms with Crippen LogP contribution in [0.1, 0.15) is 48.9 Å². The molecular weight excluding hydrogens is 428 g/mol. The van der Waals surface area contributed by atoms with E-state index in [-0.39, 0.29) is 29.7 Å². The number of phenols is 1. The Balaban J connectivity index is 1.92.